The van der Waals surface area contributed by atoms with E-state index in [1.165, 1.54) is 5.57 Å². The molecule has 0 fully saturated rings. The van der Waals surface area contributed by atoms with Crippen LogP contribution in [0.25, 0.3) is 11.0 Å². The lowest BCUT2D eigenvalue weighted by Gasteiger charge is -2.10. The van der Waals surface area contributed by atoms with Crippen molar-refractivity contribution in [2.45, 2.75) is 13.8 Å². The van der Waals surface area contributed by atoms with Gasteiger partial charge in [-0.05, 0) is 44.2 Å². The summed E-state index contributed by atoms with van der Waals surface area (Å²) in [7, 11) is 0. The van der Waals surface area contributed by atoms with E-state index in [1.54, 1.807) is 24.6 Å². The van der Waals surface area contributed by atoms with Gasteiger partial charge in [-0.2, -0.15) is 5.26 Å². The van der Waals surface area contributed by atoms with Crippen molar-refractivity contribution in [3.8, 4) is 11.8 Å². The van der Waals surface area contributed by atoms with Crippen LogP contribution in [0, 0.1) is 11.3 Å². The molecule has 1 N–H and O–H groups in total. The van der Waals surface area contributed by atoms with Crippen LogP contribution in [-0.2, 0) is 0 Å². The molecule has 0 aliphatic heterocycles. The Kier molecular flexibility index (Phi) is 4.48. The predicted octanol–water partition coefficient (Wildman–Crippen LogP) is 4.79. The molecule has 0 radical (unpaired) electrons. The molecule has 5 heteroatoms. The fourth-order valence-electron chi connectivity index (χ4n) is 2.24. The van der Waals surface area contributed by atoms with Gasteiger partial charge in [0.1, 0.15) is 29.8 Å². The van der Waals surface area contributed by atoms with Crippen LogP contribution in [0.2, 0.25) is 0 Å². The van der Waals surface area contributed by atoms with Crippen molar-refractivity contribution in [2.24, 2.45) is 0 Å². The lowest BCUT2D eigenvalue weighted by molar-refractivity contribution is 0.361. The summed E-state index contributed by atoms with van der Waals surface area (Å²) in [6, 6.07) is 11.2. The van der Waals surface area contributed by atoms with Crippen LogP contribution in [0.5, 0.6) is 5.75 Å². The average molecular weight is 319 g/mol. The molecule has 2 aromatic heterocycles. The van der Waals surface area contributed by atoms with E-state index in [-0.39, 0.29) is 0 Å². The molecule has 2 heterocycles. The highest BCUT2D eigenvalue weighted by molar-refractivity contribution is 5.89. The number of furan rings is 1. The number of hydrogen-bond acceptors (Lipinski definition) is 5. The molecule has 3 rings (SSSR count). The van der Waals surface area contributed by atoms with Gasteiger partial charge in [0.05, 0.1) is 17.2 Å². The fourth-order valence-corrected chi connectivity index (χ4v) is 2.24. The summed E-state index contributed by atoms with van der Waals surface area (Å²) in [4.78, 5) is 4.35. The molecular formula is C19H17N3O2. The number of rotatable bonds is 5. The van der Waals surface area contributed by atoms with Crippen LogP contribution in [0.3, 0.4) is 0 Å². The van der Waals surface area contributed by atoms with Crippen LogP contribution in [0.1, 0.15) is 19.4 Å². The number of allylic oxidation sites excluding steroid dienone is 1. The standard InChI is InChI=1S/C19H17N3O2/c1-13(2)6-9-24-18-11-15(4-3-14(18)12-20)22-19-16-7-10-23-17(16)5-8-21-19/h3-8,10-11H,9H2,1-2H3,(H,21,22). The maximum atomic E-state index is 9.23. The number of ether oxygens (including phenoxy) is 1. The van der Waals surface area contributed by atoms with Gasteiger partial charge in [-0.25, -0.2) is 4.98 Å². The van der Waals surface area contributed by atoms with Crippen LogP contribution in [0.15, 0.2) is 58.9 Å². The summed E-state index contributed by atoms with van der Waals surface area (Å²) >= 11 is 0. The minimum absolute atomic E-state index is 0.427. The zero-order valence-electron chi connectivity index (χ0n) is 13.5. The summed E-state index contributed by atoms with van der Waals surface area (Å²) < 4.78 is 11.1. The zero-order chi connectivity index (χ0) is 16.9. The molecule has 0 aliphatic rings. The summed E-state index contributed by atoms with van der Waals surface area (Å²) in [6.07, 6.45) is 5.28. The van der Waals surface area contributed by atoms with Crippen molar-refractivity contribution in [1.82, 2.24) is 4.98 Å². The number of aromatic nitrogens is 1. The molecule has 3 aromatic rings. The number of nitriles is 1. The van der Waals surface area contributed by atoms with Gasteiger partial charge in [-0.1, -0.05) is 5.57 Å². The van der Waals surface area contributed by atoms with E-state index in [0.717, 1.165) is 16.7 Å². The third-order valence-electron chi connectivity index (χ3n) is 3.48. The molecule has 5 nitrogen and oxygen atoms in total. The SMILES string of the molecule is CC(C)=CCOc1cc(Nc2nccc3occc23)ccc1C#N. The van der Waals surface area contributed by atoms with Gasteiger partial charge in [0.25, 0.3) is 0 Å². The van der Waals surface area contributed by atoms with E-state index in [1.807, 2.05) is 38.1 Å². The maximum absolute atomic E-state index is 9.23. The normalized spacial score (nSPS) is 10.2. The number of benzene rings is 1. The molecule has 1 aromatic carbocycles. The Hall–Kier alpha value is -3.26. The summed E-state index contributed by atoms with van der Waals surface area (Å²) in [6.45, 7) is 4.43. The maximum Gasteiger partial charge on any atom is 0.141 e. The first-order valence-corrected chi connectivity index (χ1v) is 7.57. The number of anilines is 2. The summed E-state index contributed by atoms with van der Waals surface area (Å²) in [5.41, 5.74) is 3.22. The molecule has 0 saturated carbocycles. The van der Waals surface area contributed by atoms with Crippen LogP contribution < -0.4 is 10.1 Å². The lowest BCUT2D eigenvalue weighted by atomic mass is 10.2. The summed E-state index contributed by atoms with van der Waals surface area (Å²) in [5, 5.41) is 13.4. The van der Waals surface area contributed by atoms with Gasteiger partial charge >= 0.3 is 0 Å². The second-order valence-corrected chi connectivity index (χ2v) is 5.53. The van der Waals surface area contributed by atoms with Gasteiger partial charge in [0, 0.05) is 18.0 Å². The molecule has 0 aliphatic carbocycles. The van der Waals surface area contributed by atoms with Crippen molar-refractivity contribution < 1.29 is 9.15 Å². The van der Waals surface area contributed by atoms with Gasteiger partial charge in [-0.15, -0.1) is 0 Å². The Balaban J connectivity index is 1.87. The minimum atomic E-state index is 0.427. The topological polar surface area (TPSA) is 71.1 Å². The molecule has 0 unspecified atom stereocenters. The zero-order valence-corrected chi connectivity index (χ0v) is 13.5. The van der Waals surface area contributed by atoms with Crippen LogP contribution in [0.4, 0.5) is 11.5 Å². The van der Waals surface area contributed by atoms with Crippen molar-refractivity contribution in [2.75, 3.05) is 11.9 Å². The Bertz CT molecular complexity index is 931. The van der Waals surface area contributed by atoms with Gasteiger partial charge in [0.2, 0.25) is 0 Å². The lowest BCUT2D eigenvalue weighted by Crippen LogP contribution is -1.99. The van der Waals surface area contributed by atoms with E-state index in [4.69, 9.17) is 9.15 Å². The molecular weight excluding hydrogens is 302 g/mol. The van der Waals surface area contributed by atoms with Crippen molar-refractivity contribution in [1.29, 1.82) is 5.26 Å². The molecule has 0 spiro atoms. The quantitative estimate of drug-likeness (QED) is 0.685. The van der Waals surface area contributed by atoms with Gasteiger partial charge < -0.3 is 14.5 Å². The van der Waals surface area contributed by atoms with Gasteiger partial charge in [-0.3, -0.25) is 0 Å². The van der Waals surface area contributed by atoms with E-state index >= 15 is 0 Å². The second-order valence-electron chi connectivity index (χ2n) is 5.53. The third-order valence-corrected chi connectivity index (χ3v) is 3.48. The number of hydrogen-bond donors (Lipinski definition) is 1. The first kappa shape index (κ1) is 15.6. The van der Waals surface area contributed by atoms with Crippen LogP contribution in [-0.4, -0.2) is 11.6 Å². The molecule has 0 bridgehead atoms. The predicted molar refractivity (Wildman–Crippen MR) is 93.4 cm³/mol. The van der Waals surface area contributed by atoms with Crippen molar-refractivity contribution in [3.63, 3.8) is 0 Å². The van der Waals surface area contributed by atoms with E-state index in [2.05, 4.69) is 16.4 Å². The highest BCUT2D eigenvalue weighted by Gasteiger charge is 2.08. The van der Waals surface area contributed by atoms with E-state index in [9.17, 15) is 5.26 Å². The smallest absolute Gasteiger partial charge is 0.141 e. The van der Waals surface area contributed by atoms with E-state index in [0.29, 0.717) is 23.7 Å². The second kappa shape index (κ2) is 6.88. The first-order valence-electron chi connectivity index (χ1n) is 7.57. The molecule has 0 amide bonds. The molecule has 0 saturated heterocycles. The minimum Gasteiger partial charge on any atom is -0.488 e. The highest BCUT2D eigenvalue weighted by Crippen LogP contribution is 2.28. The summed E-state index contributed by atoms with van der Waals surface area (Å²) in [5.74, 6) is 1.24. The van der Waals surface area contributed by atoms with Gasteiger partial charge in [0.15, 0.2) is 0 Å². The Morgan fingerprint density at radius 2 is 2.21 bits per heavy atom. The number of nitrogens with zero attached hydrogens (tertiary/aromatic N) is 2. The largest absolute Gasteiger partial charge is 0.488 e. The molecule has 0 atom stereocenters. The van der Waals surface area contributed by atoms with E-state index < -0.39 is 0 Å². The number of nitrogens with one attached hydrogen (secondary N) is 1. The molecule has 24 heavy (non-hydrogen) atoms. The Morgan fingerprint density at radius 3 is 3.00 bits per heavy atom. The van der Waals surface area contributed by atoms with Crippen molar-refractivity contribution >= 4 is 22.5 Å². The Morgan fingerprint density at radius 1 is 1.33 bits per heavy atom. The average Bonchev–Trinajstić information content (AvgIpc) is 3.04. The highest BCUT2D eigenvalue weighted by atomic mass is 16.5. The first-order chi connectivity index (χ1) is 11.7. The Labute approximate surface area is 140 Å². The third kappa shape index (κ3) is 3.39. The molecule has 120 valence electrons. The number of pyridine rings is 1. The monoisotopic (exact) mass is 319 g/mol. The fraction of sp³-hybridized carbons (Fsp3) is 0.158. The van der Waals surface area contributed by atoms with Crippen LogP contribution >= 0.6 is 0 Å². The number of fused-ring (bicyclic) bond motifs is 1. The van der Waals surface area contributed by atoms with Crippen molar-refractivity contribution in [3.05, 3.63) is 60.0 Å².